The Hall–Kier alpha value is -3.02. The fourth-order valence-corrected chi connectivity index (χ4v) is 5.14. The molecule has 0 aromatic carbocycles. The van der Waals surface area contributed by atoms with Crippen molar-refractivity contribution in [2.75, 3.05) is 13.1 Å². The van der Waals surface area contributed by atoms with Gasteiger partial charge in [-0.1, -0.05) is 17.2 Å². The molecular formula is C26H31N5O. The summed E-state index contributed by atoms with van der Waals surface area (Å²) in [5.41, 5.74) is 5.78. The SMILES string of the molecule is CC1=C(C)CC(C(=O)N2CCC(c3ccc4c(C)nn(-c5ccccn5)c4n3)CC2)CC1. The van der Waals surface area contributed by atoms with Gasteiger partial charge >= 0.3 is 0 Å². The number of piperidine rings is 1. The number of likely N-dealkylation sites (tertiary alicyclic amines) is 1. The Morgan fingerprint density at radius 2 is 1.81 bits per heavy atom. The smallest absolute Gasteiger partial charge is 0.226 e. The van der Waals surface area contributed by atoms with Gasteiger partial charge in [-0.15, -0.1) is 0 Å². The zero-order valence-electron chi connectivity index (χ0n) is 19.2. The number of aromatic nitrogens is 4. The van der Waals surface area contributed by atoms with Gasteiger partial charge < -0.3 is 4.90 Å². The van der Waals surface area contributed by atoms with E-state index in [0.29, 0.717) is 11.8 Å². The lowest BCUT2D eigenvalue weighted by molar-refractivity contribution is -0.137. The van der Waals surface area contributed by atoms with Crippen LogP contribution in [0.3, 0.4) is 0 Å². The van der Waals surface area contributed by atoms with Gasteiger partial charge in [0.05, 0.1) is 5.69 Å². The second-order valence-corrected chi connectivity index (χ2v) is 9.39. The van der Waals surface area contributed by atoms with E-state index in [4.69, 9.17) is 4.98 Å². The van der Waals surface area contributed by atoms with Crippen LogP contribution in [0.4, 0.5) is 0 Å². The fraction of sp³-hybridized carbons (Fsp3) is 0.462. The number of fused-ring (bicyclic) bond motifs is 1. The van der Waals surface area contributed by atoms with E-state index in [1.807, 2.05) is 29.8 Å². The number of nitrogens with zero attached hydrogens (tertiary/aromatic N) is 5. The van der Waals surface area contributed by atoms with Crippen molar-refractivity contribution in [3.8, 4) is 5.82 Å². The molecule has 1 atom stereocenters. The van der Waals surface area contributed by atoms with E-state index in [9.17, 15) is 4.79 Å². The molecular weight excluding hydrogens is 398 g/mol. The van der Waals surface area contributed by atoms with E-state index in [1.165, 1.54) is 11.1 Å². The number of pyridine rings is 2. The highest BCUT2D eigenvalue weighted by atomic mass is 16.2. The maximum atomic E-state index is 13.1. The first-order valence-electron chi connectivity index (χ1n) is 11.7. The third kappa shape index (κ3) is 3.83. The maximum Gasteiger partial charge on any atom is 0.226 e. The summed E-state index contributed by atoms with van der Waals surface area (Å²) in [5, 5.41) is 5.74. The average Bonchev–Trinajstić information content (AvgIpc) is 3.17. The Bertz CT molecular complexity index is 1170. The molecule has 1 amide bonds. The summed E-state index contributed by atoms with van der Waals surface area (Å²) in [7, 11) is 0. The fourth-order valence-electron chi connectivity index (χ4n) is 5.14. The van der Waals surface area contributed by atoms with Crippen LogP contribution in [0.15, 0.2) is 47.7 Å². The Morgan fingerprint density at radius 3 is 2.53 bits per heavy atom. The maximum absolute atomic E-state index is 13.1. The number of rotatable bonds is 3. The van der Waals surface area contributed by atoms with Crippen LogP contribution in [-0.2, 0) is 4.79 Å². The van der Waals surface area contributed by atoms with Gasteiger partial charge in [0.1, 0.15) is 0 Å². The van der Waals surface area contributed by atoms with Gasteiger partial charge in [-0.3, -0.25) is 4.79 Å². The third-order valence-corrected chi connectivity index (χ3v) is 7.33. The normalized spacial score (nSPS) is 20.2. The molecule has 5 rings (SSSR count). The number of aryl methyl sites for hydroxylation is 1. The molecule has 1 aliphatic heterocycles. The first kappa shape index (κ1) is 20.9. The molecule has 1 saturated heterocycles. The number of amides is 1. The average molecular weight is 430 g/mol. The molecule has 32 heavy (non-hydrogen) atoms. The Balaban J connectivity index is 1.32. The molecule has 0 radical (unpaired) electrons. The van der Waals surface area contributed by atoms with E-state index in [-0.39, 0.29) is 5.92 Å². The zero-order chi connectivity index (χ0) is 22.2. The number of hydrogen-bond acceptors (Lipinski definition) is 4. The van der Waals surface area contributed by atoms with E-state index < -0.39 is 0 Å². The molecule has 166 valence electrons. The molecule has 0 bridgehead atoms. The topological polar surface area (TPSA) is 63.9 Å². The lowest BCUT2D eigenvalue weighted by Crippen LogP contribution is -2.42. The van der Waals surface area contributed by atoms with Crippen molar-refractivity contribution >= 4 is 16.9 Å². The summed E-state index contributed by atoms with van der Waals surface area (Å²) < 4.78 is 1.84. The highest BCUT2D eigenvalue weighted by Gasteiger charge is 2.31. The van der Waals surface area contributed by atoms with Gasteiger partial charge in [-0.2, -0.15) is 9.78 Å². The van der Waals surface area contributed by atoms with Gasteiger partial charge in [0.2, 0.25) is 5.91 Å². The van der Waals surface area contributed by atoms with Crippen molar-refractivity contribution in [1.82, 2.24) is 24.6 Å². The van der Waals surface area contributed by atoms with Crippen molar-refractivity contribution < 1.29 is 4.79 Å². The molecule has 2 aliphatic rings. The predicted molar refractivity (Wildman–Crippen MR) is 126 cm³/mol. The van der Waals surface area contributed by atoms with Crippen LogP contribution in [0, 0.1) is 12.8 Å². The minimum Gasteiger partial charge on any atom is -0.342 e. The number of carbonyl (C=O) groups is 1. The standard InChI is InChI=1S/C26H31N5O/c1-17-7-8-21(16-18(17)2)26(32)30-14-11-20(12-15-30)23-10-9-22-19(3)29-31(25(22)28-23)24-6-4-5-13-27-24/h4-6,9-10,13,20-21H,7-8,11-12,14-16H2,1-3H3. The van der Waals surface area contributed by atoms with Gasteiger partial charge in [0.15, 0.2) is 11.5 Å². The Labute approximate surface area is 189 Å². The van der Waals surface area contributed by atoms with Gasteiger partial charge in [-0.25, -0.2) is 9.97 Å². The molecule has 0 N–H and O–H groups in total. The van der Waals surface area contributed by atoms with Gasteiger partial charge in [0.25, 0.3) is 0 Å². The van der Waals surface area contributed by atoms with Crippen LogP contribution in [0.2, 0.25) is 0 Å². The van der Waals surface area contributed by atoms with Gasteiger partial charge in [-0.05, 0) is 77.1 Å². The molecule has 0 saturated carbocycles. The van der Waals surface area contributed by atoms with Crippen LogP contribution in [0.1, 0.15) is 63.3 Å². The second kappa shape index (κ2) is 8.49. The molecule has 3 aromatic heterocycles. The van der Waals surface area contributed by atoms with Gasteiger partial charge in [0, 0.05) is 42.2 Å². The summed E-state index contributed by atoms with van der Waals surface area (Å²) in [6.07, 6.45) is 6.69. The quantitative estimate of drug-likeness (QED) is 0.552. The minimum atomic E-state index is 0.167. The minimum absolute atomic E-state index is 0.167. The van der Waals surface area contributed by atoms with Crippen molar-refractivity contribution in [3.63, 3.8) is 0 Å². The summed E-state index contributed by atoms with van der Waals surface area (Å²) in [4.78, 5) is 24.7. The van der Waals surface area contributed by atoms with Crippen LogP contribution < -0.4 is 0 Å². The third-order valence-electron chi connectivity index (χ3n) is 7.33. The van der Waals surface area contributed by atoms with Crippen LogP contribution in [0.5, 0.6) is 0 Å². The second-order valence-electron chi connectivity index (χ2n) is 9.39. The molecule has 1 unspecified atom stereocenters. The summed E-state index contributed by atoms with van der Waals surface area (Å²) in [5.74, 6) is 1.66. The molecule has 0 spiro atoms. The van der Waals surface area contributed by atoms with Crippen LogP contribution >= 0.6 is 0 Å². The first-order valence-corrected chi connectivity index (χ1v) is 11.7. The Morgan fingerprint density at radius 1 is 1.00 bits per heavy atom. The van der Waals surface area contributed by atoms with Crippen LogP contribution in [0.25, 0.3) is 16.9 Å². The highest BCUT2D eigenvalue weighted by molar-refractivity contribution is 5.80. The number of hydrogen-bond donors (Lipinski definition) is 0. The first-order chi connectivity index (χ1) is 15.5. The number of carbonyl (C=O) groups excluding carboxylic acids is 1. The van der Waals surface area contributed by atoms with E-state index in [0.717, 1.165) is 73.4 Å². The molecule has 1 fully saturated rings. The lowest BCUT2D eigenvalue weighted by Gasteiger charge is -2.35. The zero-order valence-corrected chi connectivity index (χ0v) is 19.2. The summed E-state index contributed by atoms with van der Waals surface area (Å²) >= 11 is 0. The summed E-state index contributed by atoms with van der Waals surface area (Å²) in [6.45, 7) is 8.03. The molecule has 1 aliphatic carbocycles. The monoisotopic (exact) mass is 429 g/mol. The summed E-state index contributed by atoms with van der Waals surface area (Å²) in [6, 6.07) is 10.1. The van der Waals surface area contributed by atoms with Crippen molar-refractivity contribution in [1.29, 1.82) is 0 Å². The Kier molecular flexibility index (Phi) is 5.53. The number of allylic oxidation sites excluding steroid dienone is 2. The largest absolute Gasteiger partial charge is 0.342 e. The van der Waals surface area contributed by atoms with Crippen molar-refractivity contribution in [2.24, 2.45) is 5.92 Å². The van der Waals surface area contributed by atoms with E-state index in [2.05, 4.69) is 41.0 Å². The van der Waals surface area contributed by atoms with E-state index >= 15 is 0 Å². The van der Waals surface area contributed by atoms with Crippen molar-refractivity contribution in [3.05, 3.63) is 59.1 Å². The molecule has 4 heterocycles. The van der Waals surface area contributed by atoms with E-state index in [1.54, 1.807) is 6.20 Å². The molecule has 6 heteroatoms. The van der Waals surface area contributed by atoms with Crippen molar-refractivity contribution in [2.45, 2.75) is 58.8 Å². The van der Waals surface area contributed by atoms with Crippen LogP contribution in [-0.4, -0.2) is 43.6 Å². The molecule has 6 nitrogen and oxygen atoms in total. The highest BCUT2D eigenvalue weighted by Crippen LogP contribution is 2.33. The predicted octanol–water partition coefficient (Wildman–Crippen LogP) is 4.97. The molecule has 3 aromatic rings. The lowest BCUT2D eigenvalue weighted by atomic mass is 9.83.